The molecule has 1 saturated carbocycles. The van der Waals surface area contributed by atoms with Crippen molar-refractivity contribution in [3.8, 4) is 0 Å². The first-order valence-electron chi connectivity index (χ1n) is 7.22. The molecular formula is C16H24N2. The van der Waals surface area contributed by atoms with Crippen molar-refractivity contribution in [3.63, 3.8) is 0 Å². The summed E-state index contributed by atoms with van der Waals surface area (Å²) in [7, 11) is 0. The van der Waals surface area contributed by atoms with E-state index in [4.69, 9.17) is 0 Å². The SMILES string of the molecule is CC1CNC(C)(c2ccccc2)CN1CC1CC1. The Labute approximate surface area is 110 Å². The highest BCUT2D eigenvalue weighted by molar-refractivity contribution is 5.25. The molecule has 18 heavy (non-hydrogen) atoms. The minimum absolute atomic E-state index is 0.114. The van der Waals surface area contributed by atoms with Crippen molar-refractivity contribution in [2.24, 2.45) is 5.92 Å². The molecule has 2 atom stereocenters. The summed E-state index contributed by atoms with van der Waals surface area (Å²) in [5.74, 6) is 0.977. The summed E-state index contributed by atoms with van der Waals surface area (Å²) >= 11 is 0. The third kappa shape index (κ3) is 2.45. The van der Waals surface area contributed by atoms with Crippen LogP contribution >= 0.6 is 0 Å². The second kappa shape index (κ2) is 4.67. The molecule has 1 aromatic carbocycles. The standard InChI is InChI=1S/C16H24N2/c1-13-10-17-16(2,15-6-4-3-5-7-15)12-18(13)11-14-8-9-14/h3-7,13-14,17H,8-12H2,1-2H3. The van der Waals surface area contributed by atoms with E-state index < -0.39 is 0 Å². The van der Waals surface area contributed by atoms with E-state index >= 15 is 0 Å². The molecule has 2 unspecified atom stereocenters. The third-order valence-corrected chi connectivity index (χ3v) is 4.53. The number of hydrogen-bond donors (Lipinski definition) is 1. The third-order valence-electron chi connectivity index (χ3n) is 4.53. The zero-order valence-electron chi connectivity index (χ0n) is 11.5. The van der Waals surface area contributed by atoms with Crippen LogP contribution in [0.4, 0.5) is 0 Å². The number of rotatable bonds is 3. The molecule has 0 amide bonds. The van der Waals surface area contributed by atoms with Crippen LogP contribution in [0.3, 0.4) is 0 Å². The molecule has 1 aliphatic heterocycles. The average molecular weight is 244 g/mol. The van der Waals surface area contributed by atoms with Gasteiger partial charge in [-0.2, -0.15) is 0 Å². The normalized spacial score (nSPS) is 33.6. The van der Waals surface area contributed by atoms with Crippen LogP contribution < -0.4 is 5.32 Å². The second-order valence-electron chi connectivity index (χ2n) is 6.30. The van der Waals surface area contributed by atoms with Crippen LogP contribution in [0.25, 0.3) is 0 Å². The summed E-state index contributed by atoms with van der Waals surface area (Å²) < 4.78 is 0. The molecule has 2 fully saturated rings. The van der Waals surface area contributed by atoms with Gasteiger partial charge in [0.05, 0.1) is 5.54 Å². The molecular weight excluding hydrogens is 220 g/mol. The van der Waals surface area contributed by atoms with Gasteiger partial charge in [-0.05, 0) is 38.2 Å². The first-order chi connectivity index (χ1) is 8.67. The van der Waals surface area contributed by atoms with Crippen molar-refractivity contribution >= 4 is 0 Å². The monoisotopic (exact) mass is 244 g/mol. The van der Waals surface area contributed by atoms with E-state index in [2.05, 4.69) is 54.4 Å². The van der Waals surface area contributed by atoms with Crippen molar-refractivity contribution in [1.82, 2.24) is 10.2 Å². The molecule has 0 bridgehead atoms. The van der Waals surface area contributed by atoms with Crippen LogP contribution in [-0.4, -0.2) is 30.6 Å². The Balaban J connectivity index is 1.76. The lowest BCUT2D eigenvalue weighted by atomic mass is 9.88. The Morgan fingerprint density at radius 3 is 2.67 bits per heavy atom. The summed E-state index contributed by atoms with van der Waals surface area (Å²) in [6.45, 7) is 8.21. The molecule has 2 aliphatic rings. The Morgan fingerprint density at radius 1 is 1.28 bits per heavy atom. The summed E-state index contributed by atoms with van der Waals surface area (Å²) in [6.07, 6.45) is 2.89. The zero-order chi connectivity index (χ0) is 12.6. The van der Waals surface area contributed by atoms with Crippen molar-refractivity contribution < 1.29 is 0 Å². The Hall–Kier alpha value is -0.860. The van der Waals surface area contributed by atoms with Crippen LogP contribution in [0.5, 0.6) is 0 Å². The van der Waals surface area contributed by atoms with Gasteiger partial charge in [-0.25, -0.2) is 0 Å². The zero-order valence-corrected chi connectivity index (χ0v) is 11.5. The molecule has 2 heteroatoms. The first kappa shape index (κ1) is 12.2. The van der Waals surface area contributed by atoms with Crippen molar-refractivity contribution in [1.29, 1.82) is 0 Å². The maximum atomic E-state index is 3.74. The quantitative estimate of drug-likeness (QED) is 0.879. The first-order valence-corrected chi connectivity index (χ1v) is 7.22. The number of hydrogen-bond acceptors (Lipinski definition) is 2. The van der Waals surface area contributed by atoms with E-state index in [0.717, 1.165) is 19.0 Å². The van der Waals surface area contributed by atoms with Crippen molar-refractivity contribution in [2.75, 3.05) is 19.6 Å². The van der Waals surface area contributed by atoms with E-state index in [1.54, 1.807) is 0 Å². The minimum atomic E-state index is 0.114. The highest BCUT2D eigenvalue weighted by Crippen LogP contribution is 2.33. The van der Waals surface area contributed by atoms with E-state index in [1.807, 2.05) is 0 Å². The topological polar surface area (TPSA) is 15.3 Å². The smallest absolute Gasteiger partial charge is 0.0535 e. The Bertz CT molecular complexity index is 399. The van der Waals surface area contributed by atoms with Gasteiger partial charge in [0, 0.05) is 25.7 Å². The molecule has 1 aromatic rings. The summed E-state index contributed by atoms with van der Waals surface area (Å²) in [5.41, 5.74) is 1.53. The molecule has 98 valence electrons. The minimum Gasteiger partial charge on any atom is -0.305 e. The van der Waals surface area contributed by atoms with E-state index in [1.165, 1.54) is 24.9 Å². The maximum absolute atomic E-state index is 3.74. The lowest BCUT2D eigenvalue weighted by Crippen LogP contribution is -2.60. The fourth-order valence-electron chi connectivity index (χ4n) is 3.00. The maximum Gasteiger partial charge on any atom is 0.0535 e. The van der Waals surface area contributed by atoms with E-state index in [9.17, 15) is 0 Å². The van der Waals surface area contributed by atoms with Crippen LogP contribution in [0.2, 0.25) is 0 Å². The fourth-order valence-corrected chi connectivity index (χ4v) is 3.00. The molecule has 0 spiro atoms. The molecule has 0 radical (unpaired) electrons. The lowest BCUT2D eigenvalue weighted by molar-refractivity contribution is 0.0901. The summed E-state index contributed by atoms with van der Waals surface area (Å²) in [5, 5.41) is 3.74. The highest BCUT2D eigenvalue weighted by Gasteiger charge is 2.37. The van der Waals surface area contributed by atoms with E-state index in [-0.39, 0.29) is 5.54 Å². The predicted molar refractivity (Wildman–Crippen MR) is 75.6 cm³/mol. The van der Waals surface area contributed by atoms with Crippen LogP contribution in [0.15, 0.2) is 30.3 Å². The van der Waals surface area contributed by atoms with Crippen LogP contribution in [-0.2, 0) is 5.54 Å². The van der Waals surface area contributed by atoms with Gasteiger partial charge in [0.2, 0.25) is 0 Å². The molecule has 2 nitrogen and oxygen atoms in total. The number of piperazine rings is 1. The Kier molecular flexibility index (Phi) is 3.16. The fraction of sp³-hybridized carbons (Fsp3) is 0.625. The van der Waals surface area contributed by atoms with Gasteiger partial charge in [-0.15, -0.1) is 0 Å². The number of nitrogens with zero attached hydrogens (tertiary/aromatic N) is 1. The van der Waals surface area contributed by atoms with Gasteiger partial charge in [-0.1, -0.05) is 30.3 Å². The van der Waals surface area contributed by atoms with Crippen molar-refractivity contribution in [2.45, 2.75) is 38.3 Å². The van der Waals surface area contributed by atoms with Gasteiger partial charge >= 0.3 is 0 Å². The molecule has 1 N–H and O–H groups in total. The lowest BCUT2D eigenvalue weighted by Gasteiger charge is -2.45. The van der Waals surface area contributed by atoms with Gasteiger partial charge in [-0.3, -0.25) is 4.90 Å². The summed E-state index contributed by atoms with van der Waals surface area (Å²) in [6, 6.07) is 11.6. The predicted octanol–water partition coefficient (Wildman–Crippen LogP) is 2.61. The summed E-state index contributed by atoms with van der Waals surface area (Å²) in [4.78, 5) is 2.68. The molecule has 1 heterocycles. The average Bonchev–Trinajstić information content (AvgIpc) is 3.19. The highest BCUT2D eigenvalue weighted by atomic mass is 15.2. The van der Waals surface area contributed by atoms with Gasteiger partial charge in [0.1, 0.15) is 0 Å². The Morgan fingerprint density at radius 2 is 2.00 bits per heavy atom. The molecule has 0 aromatic heterocycles. The molecule has 1 saturated heterocycles. The van der Waals surface area contributed by atoms with Crippen LogP contribution in [0, 0.1) is 5.92 Å². The van der Waals surface area contributed by atoms with Gasteiger partial charge in [0.25, 0.3) is 0 Å². The van der Waals surface area contributed by atoms with E-state index in [0.29, 0.717) is 6.04 Å². The second-order valence-corrected chi connectivity index (χ2v) is 6.30. The van der Waals surface area contributed by atoms with Gasteiger partial charge in [0.15, 0.2) is 0 Å². The number of nitrogens with one attached hydrogen (secondary N) is 1. The molecule has 1 aliphatic carbocycles. The largest absolute Gasteiger partial charge is 0.305 e. The number of benzene rings is 1. The van der Waals surface area contributed by atoms with Gasteiger partial charge < -0.3 is 5.32 Å². The van der Waals surface area contributed by atoms with Crippen molar-refractivity contribution in [3.05, 3.63) is 35.9 Å². The van der Waals surface area contributed by atoms with Crippen LogP contribution in [0.1, 0.15) is 32.3 Å². The molecule has 3 rings (SSSR count).